The van der Waals surface area contributed by atoms with Crippen molar-refractivity contribution in [2.24, 2.45) is 0 Å². The molecule has 7 nitrogen and oxygen atoms in total. The summed E-state index contributed by atoms with van der Waals surface area (Å²) in [5, 5.41) is 6.44. The van der Waals surface area contributed by atoms with Crippen LogP contribution < -0.4 is 10.6 Å². The molecule has 0 aromatic carbocycles. The molecule has 0 radical (unpaired) electrons. The summed E-state index contributed by atoms with van der Waals surface area (Å²) in [7, 11) is 0. The van der Waals surface area contributed by atoms with Crippen LogP contribution >= 0.6 is 0 Å². The Kier molecular flexibility index (Phi) is 6.58. The number of nitrogens with zero attached hydrogens (tertiary/aromatic N) is 3. The van der Waals surface area contributed by atoms with Crippen LogP contribution in [-0.2, 0) is 4.74 Å². The lowest BCUT2D eigenvalue weighted by atomic mass is 9.95. The highest BCUT2D eigenvalue weighted by Gasteiger charge is 2.18. The Hall–Kier alpha value is -1.73. The number of rotatable bonds is 6. The molecule has 2 fully saturated rings. The molecule has 1 saturated heterocycles. The molecular formula is C18H29N5O2. The molecule has 0 bridgehead atoms. The number of hydrogen-bond donors (Lipinski definition) is 2. The maximum atomic E-state index is 12.5. The molecule has 1 aliphatic heterocycles. The third kappa shape index (κ3) is 5.64. The summed E-state index contributed by atoms with van der Waals surface area (Å²) in [6.45, 7) is 7.11. The summed E-state index contributed by atoms with van der Waals surface area (Å²) in [6.07, 6.45) is 5.81. The van der Waals surface area contributed by atoms with Gasteiger partial charge in [0.1, 0.15) is 17.3 Å². The molecule has 1 amide bonds. The highest BCUT2D eigenvalue weighted by Crippen LogP contribution is 2.18. The van der Waals surface area contributed by atoms with Crippen LogP contribution in [0.1, 0.15) is 48.4 Å². The summed E-state index contributed by atoms with van der Waals surface area (Å²) in [5.74, 6) is 1.24. The number of anilines is 1. The molecule has 0 atom stereocenters. The summed E-state index contributed by atoms with van der Waals surface area (Å²) in [4.78, 5) is 23.6. The molecule has 0 unspecified atom stereocenters. The van der Waals surface area contributed by atoms with Crippen LogP contribution in [0.3, 0.4) is 0 Å². The summed E-state index contributed by atoms with van der Waals surface area (Å²) in [5.41, 5.74) is 0.451. The van der Waals surface area contributed by atoms with Gasteiger partial charge in [-0.15, -0.1) is 0 Å². The maximum Gasteiger partial charge on any atom is 0.270 e. The number of hydrogen-bond acceptors (Lipinski definition) is 6. The number of morpholine rings is 1. The molecule has 2 aliphatic rings. The quantitative estimate of drug-likeness (QED) is 0.814. The SMILES string of the molecule is Cc1nc(NCCN2CCOCC2)cc(C(=O)NC2CCCCC2)n1. The molecule has 1 aliphatic carbocycles. The lowest BCUT2D eigenvalue weighted by molar-refractivity contribution is 0.0398. The first-order chi connectivity index (χ1) is 12.2. The average Bonchev–Trinajstić information content (AvgIpc) is 2.63. The summed E-state index contributed by atoms with van der Waals surface area (Å²) < 4.78 is 5.36. The molecule has 25 heavy (non-hydrogen) atoms. The minimum Gasteiger partial charge on any atom is -0.379 e. The fraction of sp³-hybridized carbons (Fsp3) is 0.722. The van der Waals surface area contributed by atoms with Gasteiger partial charge in [-0.05, 0) is 19.8 Å². The van der Waals surface area contributed by atoms with Gasteiger partial charge in [-0.2, -0.15) is 0 Å². The molecule has 1 aromatic heterocycles. The second-order valence-electron chi connectivity index (χ2n) is 6.87. The summed E-state index contributed by atoms with van der Waals surface area (Å²) >= 11 is 0. The molecule has 7 heteroatoms. The van der Waals surface area contributed by atoms with Crippen molar-refractivity contribution in [2.75, 3.05) is 44.7 Å². The van der Waals surface area contributed by atoms with Gasteiger partial charge in [-0.25, -0.2) is 9.97 Å². The van der Waals surface area contributed by atoms with Crippen molar-refractivity contribution < 1.29 is 9.53 Å². The van der Waals surface area contributed by atoms with E-state index in [1.807, 2.05) is 6.92 Å². The van der Waals surface area contributed by atoms with E-state index in [9.17, 15) is 4.79 Å². The van der Waals surface area contributed by atoms with Crippen LogP contribution in [-0.4, -0.2) is 66.2 Å². The van der Waals surface area contributed by atoms with Crippen molar-refractivity contribution in [1.29, 1.82) is 0 Å². The number of nitrogens with one attached hydrogen (secondary N) is 2. The number of aryl methyl sites for hydroxylation is 1. The largest absolute Gasteiger partial charge is 0.379 e. The first kappa shape index (κ1) is 18.1. The smallest absolute Gasteiger partial charge is 0.270 e. The monoisotopic (exact) mass is 347 g/mol. The lowest BCUT2D eigenvalue weighted by Gasteiger charge is -2.26. The molecular weight excluding hydrogens is 318 g/mol. The molecule has 3 rings (SSSR count). The topological polar surface area (TPSA) is 79.4 Å². The van der Waals surface area contributed by atoms with Gasteiger partial charge in [0.05, 0.1) is 13.2 Å². The number of aromatic nitrogens is 2. The van der Waals surface area contributed by atoms with Gasteiger partial charge in [0.15, 0.2) is 0 Å². The normalized spacial score (nSPS) is 19.6. The molecule has 1 saturated carbocycles. The first-order valence-corrected chi connectivity index (χ1v) is 9.41. The zero-order chi connectivity index (χ0) is 17.5. The summed E-state index contributed by atoms with van der Waals surface area (Å²) in [6, 6.07) is 2.04. The van der Waals surface area contributed by atoms with Crippen LogP contribution in [0.5, 0.6) is 0 Å². The Labute approximate surface area is 149 Å². The minimum absolute atomic E-state index is 0.0892. The molecule has 138 valence electrons. The molecule has 0 spiro atoms. The van der Waals surface area contributed by atoms with Crippen LogP contribution in [0.15, 0.2) is 6.07 Å². The minimum atomic E-state index is -0.0892. The van der Waals surface area contributed by atoms with Gasteiger partial charge >= 0.3 is 0 Å². The first-order valence-electron chi connectivity index (χ1n) is 9.41. The van der Waals surface area contributed by atoms with E-state index in [1.165, 1.54) is 19.3 Å². The fourth-order valence-electron chi connectivity index (χ4n) is 3.45. The fourth-order valence-corrected chi connectivity index (χ4v) is 3.45. The van der Waals surface area contributed by atoms with Gasteiger partial charge in [0, 0.05) is 38.3 Å². The Morgan fingerprint density at radius 3 is 2.76 bits per heavy atom. The van der Waals surface area contributed by atoms with Crippen molar-refractivity contribution in [3.63, 3.8) is 0 Å². The highest BCUT2D eigenvalue weighted by molar-refractivity contribution is 5.93. The van der Waals surface area contributed by atoms with E-state index in [2.05, 4.69) is 25.5 Å². The van der Waals surface area contributed by atoms with E-state index >= 15 is 0 Å². The van der Waals surface area contributed by atoms with Crippen molar-refractivity contribution in [1.82, 2.24) is 20.2 Å². The second-order valence-corrected chi connectivity index (χ2v) is 6.87. The Morgan fingerprint density at radius 2 is 2.00 bits per heavy atom. The van der Waals surface area contributed by atoms with E-state index in [4.69, 9.17) is 4.74 Å². The number of carbonyl (C=O) groups is 1. The van der Waals surface area contributed by atoms with Crippen molar-refractivity contribution in [3.05, 3.63) is 17.6 Å². The van der Waals surface area contributed by atoms with Gasteiger partial charge in [-0.1, -0.05) is 19.3 Å². The van der Waals surface area contributed by atoms with E-state index < -0.39 is 0 Å². The van der Waals surface area contributed by atoms with E-state index in [1.54, 1.807) is 6.07 Å². The van der Waals surface area contributed by atoms with Crippen LogP contribution in [0.25, 0.3) is 0 Å². The average molecular weight is 347 g/mol. The van der Waals surface area contributed by atoms with E-state index in [0.29, 0.717) is 11.5 Å². The van der Waals surface area contributed by atoms with E-state index in [-0.39, 0.29) is 11.9 Å². The van der Waals surface area contributed by atoms with Crippen LogP contribution in [0, 0.1) is 6.92 Å². The zero-order valence-corrected chi connectivity index (χ0v) is 15.1. The zero-order valence-electron chi connectivity index (χ0n) is 15.1. The predicted molar refractivity (Wildman–Crippen MR) is 96.9 cm³/mol. The van der Waals surface area contributed by atoms with Crippen LogP contribution in [0.2, 0.25) is 0 Å². The third-order valence-electron chi connectivity index (χ3n) is 4.85. The Balaban J connectivity index is 1.52. The number of carbonyl (C=O) groups excluding carboxylic acids is 1. The Bertz CT molecular complexity index is 569. The van der Waals surface area contributed by atoms with Gasteiger partial charge in [0.2, 0.25) is 0 Å². The van der Waals surface area contributed by atoms with Crippen molar-refractivity contribution in [3.8, 4) is 0 Å². The van der Waals surface area contributed by atoms with Crippen LogP contribution in [0.4, 0.5) is 5.82 Å². The molecule has 2 N–H and O–H groups in total. The second kappa shape index (κ2) is 9.10. The number of amides is 1. The molecule has 2 heterocycles. The molecule has 1 aromatic rings. The highest BCUT2D eigenvalue weighted by atomic mass is 16.5. The predicted octanol–water partition coefficient (Wildman–Crippen LogP) is 1.59. The van der Waals surface area contributed by atoms with Crippen molar-refractivity contribution in [2.45, 2.75) is 45.1 Å². The maximum absolute atomic E-state index is 12.5. The van der Waals surface area contributed by atoms with Gasteiger partial charge in [0.25, 0.3) is 5.91 Å². The van der Waals surface area contributed by atoms with Gasteiger partial charge < -0.3 is 15.4 Å². The third-order valence-corrected chi connectivity index (χ3v) is 4.85. The van der Waals surface area contributed by atoms with Crippen molar-refractivity contribution >= 4 is 11.7 Å². The van der Waals surface area contributed by atoms with Gasteiger partial charge in [-0.3, -0.25) is 9.69 Å². The lowest BCUT2D eigenvalue weighted by Crippen LogP contribution is -2.39. The number of ether oxygens (including phenoxy) is 1. The standard InChI is InChI=1S/C18H29N5O2/c1-14-20-16(18(24)22-15-5-3-2-4-6-15)13-17(21-14)19-7-8-23-9-11-25-12-10-23/h13,15H,2-12H2,1H3,(H,22,24)(H,19,20,21). The van der Waals surface area contributed by atoms with E-state index in [0.717, 1.165) is 58.1 Å². The Morgan fingerprint density at radius 1 is 1.24 bits per heavy atom.